The molecule has 3 aromatic carbocycles. The van der Waals surface area contributed by atoms with Crippen LogP contribution in [0.25, 0.3) is 0 Å². The predicted octanol–water partition coefficient (Wildman–Crippen LogP) is 5.83. The fourth-order valence-electron chi connectivity index (χ4n) is 4.79. The Bertz CT molecular complexity index is 1090. The van der Waals surface area contributed by atoms with Crippen molar-refractivity contribution in [3.63, 3.8) is 0 Å². The molecule has 1 saturated heterocycles. The number of rotatable bonds is 10. The Morgan fingerprint density at radius 3 is 1.81 bits per heavy atom. The molecule has 0 radical (unpaired) electrons. The molecule has 0 bridgehead atoms. The molecule has 188 valence electrons. The minimum Gasteiger partial charge on any atom is -0.490 e. The molecule has 2 aliphatic rings. The average Bonchev–Trinajstić information content (AvgIpc) is 2.93. The Morgan fingerprint density at radius 2 is 1.22 bits per heavy atom. The maximum atomic E-state index is 6.57. The van der Waals surface area contributed by atoms with Gasteiger partial charge in [0.15, 0.2) is 6.10 Å². The maximum Gasteiger partial charge on any atom is 0.153 e. The molecule has 0 spiro atoms. The lowest BCUT2D eigenvalue weighted by atomic mass is 9.91. The first-order chi connectivity index (χ1) is 17.8. The highest BCUT2D eigenvalue weighted by Gasteiger charge is 2.49. The molecule has 0 saturated carbocycles. The van der Waals surface area contributed by atoms with Crippen LogP contribution in [0.1, 0.15) is 30.0 Å². The third-order valence-corrected chi connectivity index (χ3v) is 6.65. The summed E-state index contributed by atoms with van der Waals surface area (Å²) in [6.45, 7) is 3.85. The molecule has 2 heterocycles. The second-order valence-electron chi connectivity index (χ2n) is 9.37. The lowest BCUT2D eigenvalue weighted by Gasteiger charge is -2.47. The molecule has 5 heteroatoms. The van der Waals surface area contributed by atoms with Crippen LogP contribution in [0.5, 0.6) is 0 Å². The van der Waals surface area contributed by atoms with Crippen LogP contribution in [-0.4, -0.2) is 37.1 Å². The molecule has 0 N–H and O–H groups in total. The normalized spacial score (nSPS) is 25.5. The van der Waals surface area contributed by atoms with Crippen molar-refractivity contribution in [2.24, 2.45) is 0 Å². The highest BCUT2D eigenvalue weighted by atomic mass is 16.6. The van der Waals surface area contributed by atoms with Gasteiger partial charge in [0.1, 0.15) is 24.4 Å². The van der Waals surface area contributed by atoms with Gasteiger partial charge >= 0.3 is 0 Å². The Labute approximate surface area is 213 Å². The average molecular weight is 487 g/mol. The third-order valence-electron chi connectivity index (χ3n) is 6.65. The summed E-state index contributed by atoms with van der Waals surface area (Å²) in [5.74, 6) is 0.897. The summed E-state index contributed by atoms with van der Waals surface area (Å²) >= 11 is 0. The fourth-order valence-corrected chi connectivity index (χ4v) is 4.79. The van der Waals surface area contributed by atoms with Crippen molar-refractivity contribution in [3.8, 4) is 0 Å². The molecule has 3 aromatic rings. The molecular formula is C31H34O5. The summed E-state index contributed by atoms with van der Waals surface area (Å²) in [4.78, 5) is 0. The molecule has 5 atom stereocenters. The van der Waals surface area contributed by atoms with Crippen molar-refractivity contribution < 1.29 is 23.7 Å². The molecule has 1 fully saturated rings. The quantitative estimate of drug-likeness (QED) is 0.361. The van der Waals surface area contributed by atoms with E-state index in [0.29, 0.717) is 26.4 Å². The van der Waals surface area contributed by atoms with Crippen molar-refractivity contribution >= 4 is 0 Å². The van der Waals surface area contributed by atoms with Gasteiger partial charge in [0, 0.05) is 0 Å². The van der Waals surface area contributed by atoms with Gasteiger partial charge in [-0.05, 0) is 36.1 Å². The van der Waals surface area contributed by atoms with Crippen molar-refractivity contribution in [1.29, 1.82) is 0 Å². The number of fused-ring (bicyclic) bond motifs is 1. The zero-order valence-electron chi connectivity index (χ0n) is 20.7. The van der Waals surface area contributed by atoms with Gasteiger partial charge in [-0.1, -0.05) is 91.0 Å². The van der Waals surface area contributed by atoms with Gasteiger partial charge in [-0.3, -0.25) is 0 Å². The first-order valence-corrected chi connectivity index (χ1v) is 12.7. The first-order valence-electron chi connectivity index (χ1n) is 12.7. The van der Waals surface area contributed by atoms with E-state index < -0.39 is 0 Å². The number of hydrogen-bond donors (Lipinski definition) is 0. The molecule has 36 heavy (non-hydrogen) atoms. The number of ether oxygens (including phenoxy) is 5. The summed E-state index contributed by atoms with van der Waals surface area (Å²) < 4.78 is 32.1. The lowest BCUT2D eigenvalue weighted by Crippen LogP contribution is -2.61. The topological polar surface area (TPSA) is 46.2 Å². The number of allylic oxidation sites excluding steroid dienone is 1. The molecule has 5 nitrogen and oxygen atoms in total. The highest BCUT2D eigenvalue weighted by molar-refractivity contribution is 5.16. The molecule has 5 rings (SSSR count). The molecule has 2 aliphatic heterocycles. The van der Waals surface area contributed by atoms with Crippen molar-refractivity contribution in [2.75, 3.05) is 6.61 Å². The van der Waals surface area contributed by atoms with E-state index in [0.717, 1.165) is 28.9 Å². The van der Waals surface area contributed by atoms with E-state index >= 15 is 0 Å². The van der Waals surface area contributed by atoms with Crippen LogP contribution in [0, 0.1) is 0 Å². The molecule has 0 aromatic heterocycles. The summed E-state index contributed by atoms with van der Waals surface area (Å²) in [6, 6.07) is 30.6. The van der Waals surface area contributed by atoms with Crippen LogP contribution in [0.2, 0.25) is 0 Å². The van der Waals surface area contributed by atoms with Gasteiger partial charge in [0.25, 0.3) is 0 Å². The Balaban J connectivity index is 1.35. The number of benzene rings is 3. The predicted molar refractivity (Wildman–Crippen MR) is 138 cm³/mol. The fraction of sp³-hybridized carbons (Fsp3) is 0.355. The van der Waals surface area contributed by atoms with Gasteiger partial charge in [0.2, 0.25) is 0 Å². The SMILES string of the molecule is CC1=CC[C@@H]2O[C@H](COCc3ccccc3)[C@H](OCc3ccccc3)[C@H](OCc3ccccc3)[C@H]2O1. The number of hydrogen-bond acceptors (Lipinski definition) is 5. The molecule has 0 aliphatic carbocycles. The van der Waals surface area contributed by atoms with Crippen LogP contribution in [-0.2, 0) is 43.5 Å². The Kier molecular flexibility index (Phi) is 8.47. The molecule has 0 amide bonds. The minimum atomic E-state index is -0.350. The minimum absolute atomic E-state index is 0.114. The van der Waals surface area contributed by atoms with Gasteiger partial charge in [-0.2, -0.15) is 0 Å². The Hall–Kier alpha value is -2.96. The smallest absolute Gasteiger partial charge is 0.153 e. The Morgan fingerprint density at radius 1 is 0.694 bits per heavy atom. The van der Waals surface area contributed by atoms with Crippen LogP contribution in [0.4, 0.5) is 0 Å². The van der Waals surface area contributed by atoms with Crippen LogP contribution < -0.4 is 0 Å². The van der Waals surface area contributed by atoms with Crippen LogP contribution in [0.15, 0.2) is 103 Å². The van der Waals surface area contributed by atoms with Gasteiger partial charge in [0.05, 0.1) is 32.2 Å². The van der Waals surface area contributed by atoms with Crippen molar-refractivity contribution in [3.05, 3.63) is 120 Å². The van der Waals surface area contributed by atoms with Gasteiger partial charge in [-0.15, -0.1) is 0 Å². The van der Waals surface area contributed by atoms with E-state index in [1.165, 1.54) is 0 Å². The van der Waals surface area contributed by atoms with E-state index in [1.54, 1.807) is 0 Å². The first kappa shape index (κ1) is 24.7. The monoisotopic (exact) mass is 486 g/mol. The summed E-state index contributed by atoms with van der Waals surface area (Å²) in [5.41, 5.74) is 3.35. The molecular weight excluding hydrogens is 452 g/mol. The van der Waals surface area contributed by atoms with E-state index in [2.05, 4.69) is 42.5 Å². The van der Waals surface area contributed by atoms with E-state index in [-0.39, 0.29) is 30.5 Å². The van der Waals surface area contributed by atoms with E-state index in [4.69, 9.17) is 23.7 Å². The van der Waals surface area contributed by atoms with E-state index in [1.807, 2.05) is 61.5 Å². The summed E-state index contributed by atoms with van der Waals surface area (Å²) in [7, 11) is 0. The van der Waals surface area contributed by atoms with E-state index in [9.17, 15) is 0 Å². The van der Waals surface area contributed by atoms with Crippen molar-refractivity contribution in [2.45, 2.75) is 63.7 Å². The largest absolute Gasteiger partial charge is 0.490 e. The zero-order chi connectivity index (χ0) is 24.6. The van der Waals surface area contributed by atoms with Crippen LogP contribution in [0.3, 0.4) is 0 Å². The standard InChI is InChI=1S/C31H34O5/c1-23-17-18-27-30(35-23)31(34-21-26-15-9-4-10-16-26)29(33-20-25-13-7-3-8-14-25)28(36-27)22-32-19-24-11-5-2-6-12-24/h2-17,27-31H,18-22H2,1H3/t27-,28+,29-,30-,31-/m0/s1. The second kappa shape index (κ2) is 12.3. The van der Waals surface area contributed by atoms with Crippen LogP contribution >= 0.6 is 0 Å². The van der Waals surface area contributed by atoms with Gasteiger partial charge in [-0.25, -0.2) is 0 Å². The second-order valence-corrected chi connectivity index (χ2v) is 9.37. The summed E-state index contributed by atoms with van der Waals surface area (Å²) in [6.07, 6.45) is 1.57. The highest BCUT2D eigenvalue weighted by Crippen LogP contribution is 2.35. The third kappa shape index (κ3) is 6.42. The van der Waals surface area contributed by atoms with Crippen molar-refractivity contribution in [1.82, 2.24) is 0 Å². The molecule has 0 unspecified atom stereocenters. The lowest BCUT2D eigenvalue weighted by molar-refractivity contribution is -0.266. The van der Waals surface area contributed by atoms with Gasteiger partial charge < -0.3 is 23.7 Å². The maximum absolute atomic E-state index is 6.57. The summed E-state index contributed by atoms with van der Waals surface area (Å²) in [5, 5.41) is 0. The zero-order valence-corrected chi connectivity index (χ0v) is 20.7.